The van der Waals surface area contributed by atoms with Gasteiger partial charge in [0.25, 0.3) is 0 Å². The van der Waals surface area contributed by atoms with E-state index in [-0.39, 0.29) is 18.1 Å². The molecule has 6 nitrogen and oxygen atoms in total. The SMILES string of the molecule is COCCNC(=O)[C@H]1CC[C@@H]2[C@@H](CCN2Cc2ccoc2)O1. The highest BCUT2D eigenvalue weighted by molar-refractivity contribution is 5.80. The highest BCUT2D eigenvalue weighted by Crippen LogP contribution is 2.32. The van der Waals surface area contributed by atoms with Gasteiger partial charge >= 0.3 is 0 Å². The van der Waals surface area contributed by atoms with Crippen molar-refractivity contribution in [3.05, 3.63) is 24.2 Å². The summed E-state index contributed by atoms with van der Waals surface area (Å²) in [6.45, 7) is 2.98. The maximum absolute atomic E-state index is 12.1. The van der Waals surface area contributed by atoms with Gasteiger partial charge in [0.05, 0.1) is 25.2 Å². The minimum Gasteiger partial charge on any atom is -0.472 e. The van der Waals surface area contributed by atoms with Gasteiger partial charge in [0.2, 0.25) is 5.91 Å². The van der Waals surface area contributed by atoms with Crippen LogP contribution < -0.4 is 5.32 Å². The quantitative estimate of drug-likeness (QED) is 0.799. The first-order valence-corrected chi connectivity index (χ1v) is 7.95. The van der Waals surface area contributed by atoms with Gasteiger partial charge in [-0.2, -0.15) is 0 Å². The maximum atomic E-state index is 12.1. The van der Waals surface area contributed by atoms with Crippen LogP contribution >= 0.6 is 0 Å². The molecule has 2 saturated heterocycles. The predicted molar refractivity (Wildman–Crippen MR) is 80.3 cm³/mol. The summed E-state index contributed by atoms with van der Waals surface area (Å²) < 4.78 is 16.1. The Morgan fingerprint density at radius 3 is 3.14 bits per heavy atom. The zero-order valence-electron chi connectivity index (χ0n) is 13.0. The second-order valence-electron chi connectivity index (χ2n) is 5.98. The van der Waals surface area contributed by atoms with E-state index in [1.54, 1.807) is 19.6 Å². The Morgan fingerprint density at radius 1 is 1.45 bits per heavy atom. The van der Waals surface area contributed by atoms with Crippen molar-refractivity contribution in [2.75, 3.05) is 26.8 Å². The van der Waals surface area contributed by atoms with E-state index in [0.717, 1.165) is 32.4 Å². The van der Waals surface area contributed by atoms with Crippen LogP contribution in [0.1, 0.15) is 24.8 Å². The Morgan fingerprint density at radius 2 is 2.36 bits per heavy atom. The van der Waals surface area contributed by atoms with Gasteiger partial charge in [-0.25, -0.2) is 0 Å². The lowest BCUT2D eigenvalue weighted by atomic mass is 9.98. The maximum Gasteiger partial charge on any atom is 0.249 e. The number of hydrogen-bond acceptors (Lipinski definition) is 5. The molecule has 22 heavy (non-hydrogen) atoms. The zero-order valence-corrected chi connectivity index (χ0v) is 13.0. The van der Waals surface area contributed by atoms with Gasteiger partial charge in [-0.1, -0.05) is 0 Å². The molecule has 2 fully saturated rings. The fourth-order valence-corrected chi connectivity index (χ4v) is 3.41. The normalized spacial score (nSPS) is 28.5. The van der Waals surface area contributed by atoms with Crippen molar-refractivity contribution in [3.8, 4) is 0 Å². The van der Waals surface area contributed by atoms with Gasteiger partial charge in [-0.05, 0) is 25.3 Å². The first-order chi connectivity index (χ1) is 10.8. The third-order valence-electron chi connectivity index (χ3n) is 4.53. The lowest BCUT2D eigenvalue weighted by Gasteiger charge is -2.35. The number of fused-ring (bicyclic) bond motifs is 1. The van der Waals surface area contributed by atoms with Crippen molar-refractivity contribution < 1.29 is 18.7 Å². The van der Waals surface area contributed by atoms with E-state index in [2.05, 4.69) is 10.2 Å². The highest BCUT2D eigenvalue weighted by atomic mass is 16.5. The average Bonchev–Trinajstić information content (AvgIpc) is 3.18. The number of carbonyl (C=O) groups is 1. The third kappa shape index (κ3) is 3.51. The fourth-order valence-electron chi connectivity index (χ4n) is 3.41. The lowest BCUT2D eigenvalue weighted by Crippen LogP contribution is -2.48. The number of nitrogens with one attached hydrogen (secondary N) is 1. The van der Waals surface area contributed by atoms with Gasteiger partial charge in [-0.15, -0.1) is 0 Å². The van der Waals surface area contributed by atoms with Crippen molar-refractivity contribution in [1.82, 2.24) is 10.2 Å². The number of rotatable bonds is 6. The topological polar surface area (TPSA) is 63.9 Å². The number of likely N-dealkylation sites (tertiary alicyclic amines) is 1. The molecule has 0 bridgehead atoms. The molecule has 122 valence electrons. The first-order valence-electron chi connectivity index (χ1n) is 7.95. The van der Waals surface area contributed by atoms with Crippen molar-refractivity contribution in [1.29, 1.82) is 0 Å². The smallest absolute Gasteiger partial charge is 0.249 e. The molecule has 3 atom stereocenters. The number of amides is 1. The van der Waals surface area contributed by atoms with Crippen LogP contribution in [0.3, 0.4) is 0 Å². The molecular weight excluding hydrogens is 284 g/mol. The van der Waals surface area contributed by atoms with E-state index in [1.807, 2.05) is 6.07 Å². The van der Waals surface area contributed by atoms with Crippen molar-refractivity contribution >= 4 is 5.91 Å². The first kappa shape index (κ1) is 15.5. The number of nitrogens with zero attached hydrogens (tertiary/aromatic N) is 1. The van der Waals surface area contributed by atoms with Crippen LogP contribution in [0.15, 0.2) is 23.0 Å². The minimum atomic E-state index is -0.313. The van der Waals surface area contributed by atoms with Crippen molar-refractivity contribution in [2.24, 2.45) is 0 Å². The Bertz CT molecular complexity index is 477. The molecule has 3 heterocycles. The van der Waals surface area contributed by atoms with Crippen LogP contribution in [0.2, 0.25) is 0 Å². The van der Waals surface area contributed by atoms with E-state index in [9.17, 15) is 4.79 Å². The summed E-state index contributed by atoms with van der Waals surface area (Å²) in [5, 5.41) is 2.87. The standard InChI is InChI=1S/C16H24N2O4/c1-20-9-6-17-16(19)15-3-2-13-14(22-15)4-7-18(13)10-12-5-8-21-11-12/h5,8,11,13-15H,2-4,6-7,9-10H2,1H3,(H,17,19)/t13-,14-,15-/m1/s1. The van der Waals surface area contributed by atoms with Crippen LogP contribution in [0.5, 0.6) is 0 Å². The lowest BCUT2D eigenvalue weighted by molar-refractivity contribution is -0.144. The molecule has 0 unspecified atom stereocenters. The Labute approximate surface area is 130 Å². The molecule has 1 N–H and O–H groups in total. The number of furan rings is 1. The van der Waals surface area contributed by atoms with Crippen LogP contribution in [0.4, 0.5) is 0 Å². The largest absolute Gasteiger partial charge is 0.472 e. The summed E-state index contributed by atoms with van der Waals surface area (Å²) in [5.74, 6) is -0.0104. The van der Waals surface area contributed by atoms with Crippen molar-refractivity contribution in [2.45, 2.75) is 44.1 Å². The van der Waals surface area contributed by atoms with Gasteiger partial charge in [0.1, 0.15) is 6.10 Å². The average molecular weight is 308 g/mol. The molecule has 6 heteroatoms. The molecule has 0 aliphatic carbocycles. The van der Waals surface area contributed by atoms with Crippen LogP contribution in [-0.4, -0.2) is 55.9 Å². The molecule has 0 radical (unpaired) electrons. The Kier molecular flexibility index (Phi) is 5.12. The van der Waals surface area contributed by atoms with E-state index in [0.29, 0.717) is 19.2 Å². The van der Waals surface area contributed by atoms with Crippen LogP contribution in [0.25, 0.3) is 0 Å². The summed E-state index contributed by atoms with van der Waals surface area (Å²) >= 11 is 0. The summed E-state index contributed by atoms with van der Waals surface area (Å²) in [7, 11) is 1.63. The second kappa shape index (κ2) is 7.26. The molecule has 2 aliphatic heterocycles. The van der Waals surface area contributed by atoms with Gasteiger partial charge < -0.3 is 19.2 Å². The molecule has 1 amide bonds. The summed E-state index contributed by atoms with van der Waals surface area (Å²) in [4.78, 5) is 14.5. The Hall–Kier alpha value is -1.37. The molecule has 0 aromatic carbocycles. The number of carbonyl (C=O) groups excluding carboxylic acids is 1. The molecule has 1 aromatic rings. The summed E-state index contributed by atoms with van der Waals surface area (Å²) in [6, 6.07) is 2.42. The molecule has 3 rings (SSSR count). The van der Waals surface area contributed by atoms with Crippen LogP contribution in [-0.2, 0) is 20.8 Å². The van der Waals surface area contributed by atoms with Crippen molar-refractivity contribution in [3.63, 3.8) is 0 Å². The third-order valence-corrected chi connectivity index (χ3v) is 4.53. The molecule has 1 aromatic heterocycles. The summed E-state index contributed by atoms with van der Waals surface area (Å²) in [5.41, 5.74) is 1.19. The number of methoxy groups -OCH3 is 1. The fraction of sp³-hybridized carbons (Fsp3) is 0.688. The number of ether oxygens (including phenoxy) is 2. The number of hydrogen-bond donors (Lipinski definition) is 1. The predicted octanol–water partition coefficient (Wildman–Crippen LogP) is 1.16. The van der Waals surface area contributed by atoms with E-state index in [4.69, 9.17) is 13.9 Å². The summed E-state index contributed by atoms with van der Waals surface area (Å²) in [6.07, 6.45) is 6.13. The van der Waals surface area contributed by atoms with E-state index in [1.165, 1.54) is 5.56 Å². The Balaban J connectivity index is 1.49. The van der Waals surface area contributed by atoms with Gasteiger partial charge in [0, 0.05) is 38.3 Å². The molecule has 0 spiro atoms. The molecule has 0 saturated carbocycles. The van der Waals surface area contributed by atoms with Crippen LogP contribution in [0, 0.1) is 0 Å². The minimum absolute atomic E-state index is 0.0104. The van der Waals surface area contributed by atoms with Gasteiger partial charge in [0.15, 0.2) is 0 Å². The van der Waals surface area contributed by atoms with E-state index >= 15 is 0 Å². The van der Waals surface area contributed by atoms with Gasteiger partial charge in [-0.3, -0.25) is 9.69 Å². The monoisotopic (exact) mass is 308 g/mol. The zero-order chi connectivity index (χ0) is 15.4. The molecule has 2 aliphatic rings. The highest BCUT2D eigenvalue weighted by Gasteiger charge is 2.41. The van der Waals surface area contributed by atoms with E-state index < -0.39 is 0 Å². The molecular formula is C16H24N2O4. The second-order valence-corrected chi connectivity index (χ2v) is 5.98.